The van der Waals surface area contributed by atoms with Gasteiger partial charge in [-0.25, -0.2) is 4.98 Å². The van der Waals surface area contributed by atoms with Crippen molar-refractivity contribution in [2.24, 2.45) is 0 Å². The Labute approximate surface area is 219 Å². The summed E-state index contributed by atoms with van der Waals surface area (Å²) in [4.78, 5) is 27.9. The smallest absolute Gasteiger partial charge is 0.254 e. The molecule has 0 saturated heterocycles. The number of aromatic nitrogens is 3. The molecule has 5 rings (SSSR count). The summed E-state index contributed by atoms with van der Waals surface area (Å²) in [5.74, 6) is 0.350. The number of carbonyl (C=O) groups excluding carboxylic acids is 1. The van der Waals surface area contributed by atoms with E-state index in [0.29, 0.717) is 19.0 Å². The molecule has 36 heavy (non-hydrogen) atoms. The summed E-state index contributed by atoms with van der Waals surface area (Å²) in [6.07, 6.45) is 11.2. The summed E-state index contributed by atoms with van der Waals surface area (Å²) >= 11 is 12.2. The number of fused-ring (bicyclic) bond motifs is 1. The molecule has 7 nitrogen and oxygen atoms in total. The first kappa shape index (κ1) is 24.4. The van der Waals surface area contributed by atoms with Gasteiger partial charge in [-0.2, -0.15) is 0 Å². The monoisotopic (exact) mass is 521 g/mol. The molecule has 1 aliphatic carbocycles. The maximum atomic E-state index is 12.6. The highest BCUT2D eigenvalue weighted by atomic mass is 35.5. The minimum atomic E-state index is -0.336. The lowest BCUT2D eigenvalue weighted by molar-refractivity contribution is 0.0951. The second kappa shape index (κ2) is 11.2. The zero-order valence-corrected chi connectivity index (χ0v) is 21.0. The minimum absolute atomic E-state index is 0.190. The molecule has 9 heteroatoms. The van der Waals surface area contributed by atoms with Gasteiger partial charge in [-0.3, -0.25) is 19.7 Å². The molecule has 1 N–H and O–H groups in total. The van der Waals surface area contributed by atoms with E-state index >= 15 is 0 Å². The summed E-state index contributed by atoms with van der Waals surface area (Å²) in [6.45, 7) is 1.67. The van der Waals surface area contributed by atoms with Gasteiger partial charge in [0, 0.05) is 31.7 Å². The first-order chi connectivity index (χ1) is 17.6. The van der Waals surface area contributed by atoms with E-state index in [4.69, 9.17) is 32.6 Å². The van der Waals surface area contributed by atoms with Crippen LogP contribution in [-0.4, -0.2) is 25.8 Å². The molecule has 0 radical (unpaired) electrons. The van der Waals surface area contributed by atoms with E-state index in [1.807, 2.05) is 24.4 Å². The Morgan fingerprint density at radius 1 is 1.03 bits per heavy atom. The van der Waals surface area contributed by atoms with E-state index in [9.17, 15) is 4.79 Å². The maximum absolute atomic E-state index is 12.6. The number of benzene rings is 1. The third kappa shape index (κ3) is 5.59. The van der Waals surface area contributed by atoms with E-state index < -0.39 is 0 Å². The lowest BCUT2D eigenvalue weighted by atomic mass is 9.90. The lowest BCUT2D eigenvalue weighted by Crippen LogP contribution is -2.31. The van der Waals surface area contributed by atoms with Crippen molar-refractivity contribution in [1.29, 1.82) is 0 Å². The molecule has 1 amide bonds. The van der Waals surface area contributed by atoms with E-state index in [-0.39, 0.29) is 27.6 Å². The van der Waals surface area contributed by atoms with Crippen LogP contribution in [0.1, 0.15) is 57.5 Å². The van der Waals surface area contributed by atoms with E-state index in [1.54, 1.807) is 12.5 Å². The average molecular weight is 522 g/mol. The van der Waals surface area contributed by atoms with Crippen LogP contribution in [0.3, 0.4) is 0 Å². The standard InChI is InChI=1S/C27H25Cl2N5O2/c28-21-14-30-15-22(29)25(21)27(35)33-13-18-6-8-19(9-7-18)16-34(17-24-31-11-12-36-24)23-5-1-3-20-4-2-10-32-26(20)23/h2,4,6-12,14-15,23H,1,3,5,13,16-17H2,(H,33,35). The lowest BCUT2D eigenvalue weighted by Gasteiger charge is -2.34. The van der Waals surface area contributed by atoms with Crippen LogP contribution in [0, 0.1) is 0 Å². The van der Waals surface area contributed by atoms with Crippen molar-refractivity contribution in [3.05, 3.63) is 111 Å². The number of oxazole rings is 1. The molecule has 1 aliphatic rings. The fourth-order valence-corrected chi connectivity index (χ4v) is 5.15. The average Bonchev–Trinajstić information content (AvgIpc) is 3.41. The molecule has 1 unspecified atom stereocenters. The molecule has 0 saturated carbocycles. The Morgan fingerprint density at radius 2 is 1.81 bits per heavy atom. The largest absolute Gasteiger partial charge is 0.448 e. The van der Waals surface area contributed by atoms with E-state index in [1.165, 1.54) is 18.0 Å². The van der Waals surface area contributed by atoms with Crippen molar-refractivity contribution in [2.75, 3.05) is 0 Å². The van der Waals surface area contributed by atoms with Crippen LogP contribution >= 0.6 is 23.2 Å². The van der Waals surface area contributed by atoms with Crippen LogP contribution in [0.5, 0.6) is 0 Å². The quantitative estimate of drug-likeness (QED) is 0.316. The van der Waals surface area contributed by atoms with Gasteiger partial charge in [0.1, 0.15) is 6.26 Å². The predicted molar refractivity (Wildman–Crippen MR) is 138 cm³/mol. The number of pyridine rings is 2. The van der Waals surface area contributed by atoms with Gasteiger partial charge < -0.3 is 9.73 Å². The van der Waals surface area contributed by atoms with E-state index in [2.05, 4.69) is 38.4 Å². The van der Waals surface area contributed by atoms with Crippen molar-refractivity contribution in [2.45, 2.75) is 44.9 Å². The topological polar surface area (TPSA) is 84.2 Å². The zero-order chi connectivity index (χ0) is 24.9. The predicted octanol–water partition coefficient (Wildman–Crippen LogP) is 5.78. The summed E-state index contributed by atoms with van der Waals surface area (Å²) < 4.78 is 5.57. The van der Waals surface area contributed by atoms with Crippen LogP contribution in [0.4, 0.5) is 0 Å². The maximum Gasteiger partial charge on any atom is 0.254 e. The summed E-state index contributed by atoms with van der Waals surface area (Å²) in [7, 11) is 0. The second-order valence-electron chi connectivity index (χ2n) is 8.76. The molecule has 3 aromatic heterocycles. The SMILES string of the molecule is O=C(NCc1ccc(CN(Cc2ncco2)C2CCCc3cccnc32)cc1)c1c(Cl)cncc1Cl. The van der Waals surface area contributed by atoms with E-state index in [0.717, 1.165) is 42.6 Å². The Hall–Kier alpha value is -3.26. The number of aryl methyl sites for hydroxylation is 1. The number of nitrogens with zero attached hydrogens (tertiary/aromatic N) is 4. The normalized spacial score (nSPS) is 15.0. The van der Waals surface area contributed by atoms with Gasteiger partial charge in [0.25, 0.3) is 5.91 Å². The Bertz CT molecular complexity index is 1310. The fraction of sp³-hybridized carbons (Fsp3) is 0.259. The number of carbonyl (C=O) groups is 1. The first-order valence-corrected chi connectivity index (χ1v) is 12.6. The molecule has 0 bridgehead atoms. The molecule has 0 fully saturated rings. The summed E-state index contributed by atoms with van der Waals surface area (Å²) in [5.41, 5.74) is 4.81. The Morgan fingerprint density at radius 3 is 2.56 bits per heavy atom. The van der Waals surface area contributed by atoms with Crippen molar-refractivity contribution >= 4 is 29.1 Å². The highest BCUT2D eigenvalue weighted by Crippen LogP contribution is 2.34. The van der Waals surface area contributed by atoms with Gasteiger partial charge >= 0.3 is 0 Å². The Kier molecular flexibility index (Phi) is 7.60. The number of hydrogen-bond donors (Lipinski definition) is 1. The third-order valence-electron chi connectivity index (χ3n) is 6.37. The molecule has 184 valence electrons. The van der Waals surface area contributed by atoms with Crippen molar-refractivity contribution < 1.29 is 9.21 Å². The third-order valence-corrected chi connectivity index (χ3v) is 6.94. The van der Waals surface area contributed by atoms with Gasteiger partial charge in [-0.1, -0.05) is 53.5 Å². The highest BCUT2D eigenvalue weighted by Gasteiger charge is 2.28. The van der Waals surface area contributed by atoms with Gasteiger partial charge in [-0.15, -0.1) is 0 Å². The summed E-state index contributed by atoms with van der Waals surface area (Å²) in [6, 6.07) is 12.6. The molecule has 0 spiro atoms. The van der Waals surface area contributed by atoms with Crippen molar-refractivity contribution in [3.8, 4) is 0 Å². The molecule has 4 aromatic rings. The van der Waals surface area contributed by atoms with Gasteiger partial charge in [0.15, 0.2) is 0 Å². The zero-order valence-electron chi connectivity index (χ0n) is 19.5. The van der Waals surface area contributed by atoms with Crippen molar-refractivity contribution in [3.63, 3.8) is 0 Å². The molecule has 1 aromatic carbocycles. The molecular formula is C27H25Cl2N5O2. The fourth-order valence-electron chi connectivity index (χ4n) is 4.62. The molecule has 0 aliphatic heterocycles. The number of amides is 1. The first-order valence-electron chi connectivity index (χ1n) is 11.8. The van der Waals surface area contributed by atoms with Gasteiger partial charge in [-0.05, 0) is 42.0 Å². The number of nitrogens with one attached hydrogen (secondary N) is 1. The minimum Gasteiger partial charge on any atom is -0.448 e. The van der Waals surface area contributed by atoms with Crippen LogP contribution in [0.25, 0.3) is 0 Å². The highest BCUT2D eigenvalue weighted by molar-refractivity contribution is 6.39. The van der Waals surface area contributed by atoms with Crippen LogP contribution in [0.2, 0.25) is 10.0 Å². The van der Waals surface area contributed by atoms with Gasteiger partial charge in [0.05, 0.1) is 40.1 Å². The molecule has 3 heterocycles. The number of rotatable bonds is 8. The second-order valence-corrected chi connectivity index (χ2v) is 9.58. The summed E-state index contributed by atoms with van der Waals surface area (Å²) in [5, 5.41) is 3.32. The van der Waals surface area contributed by atoms with Crippen LogP contribution < -0.4 is 5.32 Å². The van der Waals surface area contributed by atoms with Crippen LogP contribution in [-0.2, 0) is 26.1 Å². The van der Waals surface area contributed by atoms with Crippen molar-refractivity contribution in [1.82, 2.24) is 25.2 Å². The molecule has 1 atom stereocenters. The molecular weight excluding hydrogens is 497 g/mol. The number of halogens is 2. The van der Waals surface area contributed by atoms with Gasteiger partial charge in [0.2, 0.25) is 5.89 Å². The van der Waals surface area contributed by atoms with Crippen LogP contribution in [0.15, 0.2) is 71.9 Å². The number of hydrogen-bond acceptors (Lipinski definition) is 6. The Balaban J connectivity index is 1.29.